The summed E-state index contributed by atoms with van der Waals surface area (Å²) in [5.41, 5.74) is 0. The van der Waals surface area contributed by atoms with E-state index in [2.05, 4.69) is 74.6 Å². The second-order valence-corrected chi connectivity index (χ2v) is 17.9. The van der Waals surface area contributed by atoms with Crippen molar-refractivity contribution >= 4 is 22.1 Å². The molecule has 0 spiro atoms. The molecule has 0 aliphatic carbocycles. The summed E-state index contributed by atoms with van der Waals surface area (Å²) >= 11 is 0. The van der Waals surface area contributed by atoms with E-state index in [9.17, 15) is 37.9 Å². The maximum absolute atomic E-state index is 12.8. The SMILES string of the molecule is CC/C=C\C/C=C\C/C=C\CCCCCCCCCC(=O)OC(COC(=O)CCCCCCCCC/C=C\C/C=C\CCCCC)COC1OC(CS(=O)(=O)O)C(O)C(O)C1O. The summed E-state index contributed by atoms with van der Waals surface area (Å²) in [6, 6.07) is 0. The number of aliphatic hydroxyl groups excluding tert-OH is 3. The van der Waals surface area contributed by atoms with E-state index in [1.165, 1.54) is 38.5 Å². The molecule has 358 valence electrons. The van der Waals surface area contributed by atoms with Crippen LogP contribution in [0.25, 0.3) is 0 Å². The van der Waals surface area contributed by atoms with Gasteiger partial charge in [-0.1, -0.05) is 152 Å². The van der Waals surface area contributed by atoms with E-state index in [1.54, 1.807) is 0 Å². The van der Waals surface area contributed by atoms with E-state index in [1.807, 2.05) is 0 Å². The number of unbranched alkanes of at least 4 members (excludes halogenated alkanes) is 17. The third-order valence-corrected chi connectivity index (χ3v) is 11.3. The number of ether oxygens (including phenoxy) is 4. The summed E-state index contributed by atoms with van der Waals surface area (Å²) in [6.45, 7) is 3.61. The molecule has 1 aliphatic heterocycles. The average molecular weight is 897 g/mol. The fourth-order valence-corrected chi connectivity index (χ4v) is 7.59. The summed E-state index contributed by atoms with van der Waals surface area (Å²) < 4.78 is 54.1. The average Bonchev–Trinajstić information content (AvgIpc) is 3.24. The molecule has 0 aromatic carbocycles. The zero-order valence-corrected chi connectivity index (χ0v) is 39.0. The van der Waals surface area contributed by atoms with Crippen LogP contribution in [-0.2, 0) is 38.7 Å². The van der Waals surface area contributed by atoms with Gasteiger partial charge in [-0.25, -0.2) is 0 Å². The molecule has 1 rings (SSSR count). The van der Waals surface area contributed by atoms with Crippen molar-refractivity contribution in [1.29, 1.82) is 0 Å². The van der Waals surface area contributed by atoms with E-state index in [0.29, 0.717) is 12.8 Å². The topological polar surface area (TPSA) is 186 Å². The smallest absolute Gasteiger partial charge is 0.306 e. The number of carbonyl (C=O) groups excluding carboxylic acids is 2. The normalized spacial score (nSPS) is 20.4. The van der Waals surface area contributed by atoms with Crippen molar-refractivity contribution in [2.24, 2.45) is 0 Å². The number of esters is 2. The van der Waals surface area contributed by atoms with Gasteiger partial charge in [0.15, 0.2) is 12.4 Å². The molecule has 13 heteroatoms. The van der Waals surface area contributed by atoms with Gasteiger partial charge < -0.3 is 34.3 Å². The number of carbonyl (C=O) groups is 2. The van der Waals surface area contributed by atoms with Crippen LogP contribution in [0.5, 0.6) is 0 Å². The van der Waals surface area contributed by atoms with Gasteiger partial charge in [0.2, 0.25) is 0 Å². The van der Waals surface area contributed by atoms with Gasteiger partial charge in [0.05, 0.1) is 6.61 Å². The highest BCUT2D eigenvalue weighted by atomic mass is 32.2. The molecular weight excluding hydrogens is 813 g/mol. The molecule has 4 N–H and O–H groups in total. The van der Waals surface area contributed by atoms with E-state index in [4.69, 9.17) is 18.9 Å². The minimum atomic E-state index is -4.61. The molecule has 1 aliphatic rings. The molecule has 12 nitrogen and oxygen atoms in total. The molecule has 1 saturated heterocycles. The van der Waals surface area contributed by atoms with Crippen LogP contribution in [0.3, 0.4) is 0 Å². The Morgan fingerprint density at radius 2 is 1.02 bits per heavy atom. The Morgan fingerprint density at radius 1 is 0.565 bits per heavy atom. The number of aliphatic hydroxyl groups is 3. The summed E-state index contributed by atoms with van der Waals surface area (Å²) in [6.07, 6.45) is 38.2. The van der Waals surface area contributed by atoms with Gasteiger partial charge in [0.1, 0.15) is 36.8 Å². The molecule has 0 aromatic rings. The van der Waals surface area contributed by atoms with Crippen molar-refractivity contribution in [3.8, 4) is 0 Å². The molecule has 0 radical (unpaired) electrons. The first kappa shape index (κ1) is 57.4. The molecule has 62 heavy (non-hydrogen) atoms. The first-order chi connectivity index (χ1) is 30.0. The third kappa shape index (κ3) is 32.9. The predicted octanol–water partition coefficient (Wildman–Crippen LogP) is 10.1. The van der Waals surface area contributed by atoms with Crippen LogP contribution in [0, 0.1) is 0 Å². The number of rotatable bonds is 39. The molecule has 0 amide bonds. The van der Waals surface area contributed by atoms with Crippen LogP contribution in [0.2, 0.25) is 0 Å². The fourth-order valence-electron chi connectivity index (χ4n) is 6.90. The zero-order valence-electron chi connectivity index (χ0n) is 38.2. The minimum Gasteiger partial charge on any atom is -0.462 e. The lowest BCUT2D eigenvalue weighted by Gasteiger charge is -2.40. The van der Waals surface area contributed by atoms with Crippen molar-refractivity contribution in [2.45, 2.75) is 218 Å². The second-order valence-electron chi connectivity index (χ2n) is 16.4. The number of hydrogen-bond acceptors (Lipinski definition) is 11. The molecule has 6 atom stereocenters. The Kier molecular flexibility index (Phi) is 35.9. The summed E-state index contributed by atoms with van der Waals surface area (Å²) in [7, 11) is -4.61. The van der Waals surface area contributed by atoms with Crippen LogP contribution in [0.4, 0.5) is 0 Å². The fraction of sp³-hybridized carbons (Fsp3) is 0.755. The van der Waals surface area contributed by atoms with Crippen LogP contribution < -0.4 is 0 Å². The molecule has 0 aromatic heterocycles. The predicted molar refractivity (Wildman–Crippen MR) is 247 cm³/mol. The molecule has 0 saturated carbocycles. The maximum atomic E-state index is 12.8. The maximum Gasteiger partial charge on any atom is 0.306 e. The Morgan fingerprint density at radius 3 is 1.52 bits per heavy atom. The van der Waals surface area contributed by atoms with E-state index in [-0.39, 0.29) is 19.4 Å². The highest BCUT2D eigenvalue weighted by molar-refractivity contribution is 7.85. The number of allylic oxidation sites excluding steroid dienone is 10. The van der Waals surface area contributed by atoms with E-state index >= 15 is 0 Å². The first-order valence-electron chi connectivity index (χ1n) is 23.8. The standard InChI is InChI=1S/C49H84O12S/c1-3-5-7-9-11-13-15-17-19-21-23-25-27-29-31-33-35-37-44(50)58-39-42(40-59-49-48(54)47(53)46(52)43(61-49)41-62(55,56)57)60-45(51)38-36-34-32-30-28-26-24-22-20-18-16-14-12-10-8-6-4-2/h6,8,11-14,17-20,42-43,46-49,52-54H,3-5,7,9-10,15-16,21-41H2,1-2H3,(H,55,56,57)/b8-6-,13-11-,14-12-,19-17-,20-18-. The van der Waals surface area contributed by atoms with Gasteiger partial charge in [-0.2, -0.15) is 8.42 Å². The highest BCUT2D eigenvalue weighted by Gasteiger charge is 2.46. The Hall–Kier alpha value is -2.65. The molecule has 6 unspecified atom stereocenters. The quantitative estimate of drug-likeness (QED) is 0.0198. The number of hydrogen-bond donors (Lipinski definition) is 4. The van der Waals surface area contributed by atoms with Crippen molar-refractivity contribution in [1.82, 2.24) is 0 Å². The third-order valence-electron chi connectivity index (χ3n) is 10.6. The highest BCUT2D eigenvalue weighted by Crippen LogP contribution is 2.24. The molecule has 0 bridgehead atoms. The first-order valence-corrected chi connectivity index (χ1v) is 25.5. The van der Waals surface area contributed by atoms with Crippen LogP contribution in [0.15, 0.2) is 60.8 Å². The van der Waals surface area contributed by atoms with Crippen LogP contribution in [-0.4, -0.2) is 96.0 Å². The van der Waals surface area contributed by atoms with E-state index in [0.717, 1.165) is 103 Å². The van der Waals surface area contributed by atoms with Crippen molar-refractivity contribution in [3.05, 3.63) is 60.8 Å². The van der Waals surface area contributed by atoms with Crippen molar-refractivity contribution in [3.63, 3.8) is 0 Å². The van der Waals surface area contributed by atoms with Crippen molar-refractivity contribution in [2.75, 3.05) is 19.0 Å². The van der Waals surface area contributed by atoms with Gasteiger partial charge in [0.25, 0.3) is 10.1 Å². The Bertz CT molecular complexity index is 1370. The molecule has 1 fully saturated rings. The second kappa shape index (κ2) is 38.8. The summed E-state index contributed by atoms with van der Waals surface area (Å²) in [5.74, 6) is -2.01. The van der Waals surface area contributed by atoms with Gasteiger partial charge in [-0.15, -0.1) is 0 Å². The zero-order chi connectivity index (χ0) is 45.5. The van der Waals surface area contributed by atoms with Gasteiger partial charge >= 0.3 is 11.9 Å². The Labute approximate surface area is 375 Å². The largest absolute Gasteiger partial charge is 0.462 e. The monoisotopic (exact) mass is 897 g/mol. The van der Waals surface area contributed by atoms with Gasteiger partial charge in [0, 0.05) is 12.8 Å². The Balaban J connectivity index is 2.43. The summed E-state index contributed by atoms with van der Waals surface area (Å²) in [5, 5.41) is 30.9. The van der Waals surface area contributed by atoms with Gasteiger partial charge in [-0.3, -0.25) is 14.1 Å². The lowest BCUT2D eigenvalue weighted by molar-refractivity contribution is -0.297. The lowest BCUT2D eigenvalue weighted by Crippen LogP contribution is -2.60. The van der Waals surface area contributed by atoms with Crippen LogP contribution in [0.1, 0.15) is 181 Å². The summed E-state index contributed by atoms with van der Waals surface area (Å²) in [4.78, 5) is 25.5. The van der Waals surface area contributed by atoms with Gasteiger partial charge in [-0.05, 0) is 77.0 Å². The minimum absolute atomic E-state index is 0.149. The molecular formula is C49H84O12S. The van der Waals surface area contributed by atoms with Crippen molar-refractivity contribution < 1.29 is 56.8 Å². The lowest BCUT2D eigenvalue weighted by atomic mass is 10.00. The molecule has 1 heterocycles. The van der Waals surface area contributed by atoms with E-state index < -0.39 is 71.2 Å². The van der Waals surface area contributed by atoms with Crippen LogP contribution >= 0.6 is 0 Å².